The molecule has 23 heavy (non-hydrogen) atoms. The quantitative estimate of drug-likeness (QED) is 0.742. The van der Waals surface area contributed by atoms with Crippen LogP contribution in [0.2, 0.25) is 0 Å². The lowest BCUT2D eigenvalue weighted by atomic mass is 10.1. The number of aromatic nitrogens is 5. The Hall–Kier alpha value is -2.60. The number of para-hydroxylation sites is 1. The largest absolute Gasteiger partial charge is 0.287 e. The van der Waals surface area contributed by atoms with Gasteiger partial charge in [-0.15, -0.1) is 5.10 Å². The van der Waals surface area contributed by atoms with Crippen molar-refractivity contribution in [2.45, 2.75) is 25.9 Å². The maximum Gasteiger partial charge on any atom is 0.145 e. The first-order valence-corrected chi connectivity index (χ1v) is 7.83. The van der Waals surface area contributed by atoms with E-state index in [1.54, 1.807) is 12.4 Å². The first-order valence-electron chi connectivity index (χ1n) is 7.83. The zero-order valence-corrected chi connectivity index (χ0v) is 13.0. The van der Waals surface area contributed by atoms with Crippen molar-refractivity contribution in [3.63, 3.8) is 0 Å². The third kappa shape index (κ3) is 2.61. The van der Waals surface area contributed by atoms with Gasteiger partial charge in [-0.2, -0.15) is 0 Å². The summed E-state index contributed by atoms with van der Waals surface area (Å²) < 4.78 is 1.95. The second-order valence-corrected chi connectivity index (χ2v) is 5.73. The van der Waals surface area contributed by atoms with E-state index in [9.17, 15) is 0 Å². The van der Waals surface area contributed by atoms with Crippen LogP contribution in [-0.4, -0.2) is 36.4 Å². The highest BCUT2D eigenvalue weighted by molar-refractivity contribution is 5.33. The molecule has 0 saturated heterocycles. The molecule has 1 aliphatic heterocycles. The number of nitrogens with zero attached hydrogens (tertiary/aromatic N) is 6. The summed E-state index contributed by atoms with van der Waals surface area (Å²) in [6.45, 7) is 3.87. The molecule has 0 fully saturated rings. The number of hydrogen-bond donors (Lipinski definition) is 0. The van der Waals surface area contributed by atoms with Crippen molar-refractivity contribution in [2.24, 2.45) is 0 Å². The van der Waals surface area contributed by atoms with Crippen molar-refractivity contribution >= 4 is 0 Å². The summed E-state index contributed by atoms with van der Waals surface area (Å²) in [5.41, 5.74) is 3.31. The molecular weight excluding hydrogens is 288 g/mol. The van der Waals surface area contributed by atoms with Gasteiger partial charge in [0.1, 0.15) is 11.5 Å². The van der Waals surface area contributed by atoms with Crippen molar-refractivity contribution in [1.29, 1.82) is 0 Å². The molecule has 1 unspecified atom stereocenters. The Morgan fingerprint density at radius 3 is 2.61 bits per heavy atom. The average Bonchev–Trinajstić information content (AvgIpc) is 3.06. The van der Waals surface area contributed by atoms with Gasteiger partial charge in [-0.25, -0.2) is 14.6 Å². The van der Waals surface area contributed by atoms with Gasteiger partial charge in [-0.05, 0) is 25.1 Å². The van der Waals surface area contributed by atoms with Crippen molar-refractivity contribution < 1.29 is 0 Å². The summed E-state index contributed by atoms with van der Waals surface area (Å²) in [6.07, 6.45) is 4.51. The normalized spacial score (nSPS) is 16.0. The van der Waals surface area contributed by atoms with Crippen LogP contribution in [0.3, 0.4) is 0 Å². The molecule has 0 aliphatic carbocycles. The zero-order valence-electron chi connectivity index (χ0n) is 13.0. The van der Waals surface area contributed by atoms with Gasteiger partial charge in [0.05, 0.1) is 17.4 Å². The topological polar surface area (TPSA) is 59.7 Å². The van der Waals surface area contributed by atoms with Crippen LogP contribution >= 0.6 is 0 Å². The fourth-order valence-corrected chi connectivity index (χ4v) is 3.02. The molecule has 3 heterocycles. The lowest BCUT2D eigenvalue weighted by Crippen LogP contribution is -2.34. The van der Waals surface area contributed by atoms with Crippen LogP contribution < -0.4 is 0 Å². The van der Waals surface area contributed by atoms with E-state index >= 15 is 0 Å². The zero-order chi connectivity index (χ0) is 15.6. The van der Waals surface area contributed by atoms with E-state index in [1.165, 1.54) is 5.69 Å². The first-order chi connectivity index (χ1) is 11.3. The van der Waals surface area contributed by atoms with Gasteiger partial charge in [-0.3, -0.25) is 4.90 Å². The number of rotatable bonds is 3. The van der Waals surface area contributed by atoms with Crippen LogP contribution in [0, 0.1) is 0 Å². The molecule has 2 aromatic heterocycles. The third-order valence-electron chi connectivity index (χ3n) is 4.34. The Kier molecular flexibility index (Phi) is 3.59. The highest BCUT2D eigenvalue weighted by atomic mass is 15.4. The summed E-state index contributed by atoms with van der Waals surface area (Å²) in [6, 6.07) is 12.2. The van der Waals surface area contributed by atoms with E-state index in [1.807, 2.05) is 28.9 Å². The third-order valence-corrected chi connectivity index (χ3v) is 4.34. The second-order valence-electron chi connectivity index (χ2n) is 5.73. The van der Waals surface area contributed by atoms with E-state index < -0.39 is 0 Å². The minimum absolute atomic E-state index is 0.172. The summed E-state index contributed by atoms with van der Waals surface area (Å²) in [5.74, 6) is 0.853. The maximum atomic E-state index is 4.39. The smallest absolute Gasteiger partial charge is 0.145 e. The van der Waals surface area contributed by atoms with Gasteiger partial charge in [0.2, 0.25) is 0 Å². The standard InChI is InChI=1S/C17H18N6/c1-13(17-18-9-5-10-19-17)22-11-8-16-15(12-22)20-21-23(16)14-6-3-2-4-7-14/h2-7,9-10,13H,8,11-12H2,1H3. The molecular formula is C17H18N6. The average molecular weight is 306 g/mol. The molecule has 116 valence electrons. The molecule has 0 radical (unpaired) electrons. The predicted octanol–water partition coefficient (Wildman–Crippen LogP) is 2.18. The number of benzene rings is 1. The van der Waals surface area contributed by atoms with Crippen molar-refractivity contribution in [3.8, 4) is 5.69 Å². The minimum atomic E-state index is 0.172. The molecule has 0 amide bonds. The molecule has 1 aliphatic rings. The summed E-state index contributed by atoms with van der Waals surface area (Å²) in [4.78, 5) is 11.1. The van der Waals surface area contributed by atoms with Gasteiger partial charge in [0, 0.05) is 31.9 Å². The van der Waals surface area contributed by atoms with Crippen LogP contribution in [0.15, 0.2) is 48.8 Å². The van der Waals surface area contributed by atoms with Crippen molar-refractivity contribution in [3.05, 3.63) is 66.0 Å². The summed E-state index contributed by atoms with van der Waals surface area (Å²) in [5, 5.41) is 8.73. The maximum absolute atomic E-state index is 4.39. The van der Waals surface area contributed by atoms with Crippen LogP contribution in [0.1, 0.15) is 30.2 Å². The first kappa shape index (κ1) is 14.0. The second kappa shape index (κ2) is 5.89. The van der Waals surface area contributed by atoms with E-state index in [0.29, 0.717) is 0 Å². The van der Waals surface area contributed by atoms with Gasteiger partial charge < -0.3 is 0 Å². The van der Waals surface area contributed by atoms with E-state index in [2.05, 4.69) is 44.2 Å². The van der Waals surface area contributed by atoms with Gasteiger partial charge >= 0.3 is 0 Å². The van der Waals surface area contributed by atoms with E-state index in [4.69, 9.17) is 0 Å². The molecule has 0 saturated carbocycles. The Morgan fingerprint density at radius 1 is 1.04 bits per heavy atom. The fourth-order valence-electron chi connectivity index (χ4n) is 3.02. The molecule has 1 atom stereocenters. The van der Waals surface area contributed by atoms with E-state index in [-0.39, 0.29) is 6.04 Å². The number of fused-ring (bicyclic) bond motifs is 1. The fraction of sp³-hybridized carbons (Fsp3) is 0.294. The van der Waals surface area contributed by atoms with Crippen LogP contribution in [-0.2, 0) is 13.0 Å². The van der Waals surface area contributed by atoms with Crippen molar-refractivity contribution in [2.75, 3.05) is 6.54 Å². The molecule has 0 N–H and O–H groups in total. The molecule has 0 bridgehead atoms. The molecule has 0 spiro atoms. The highest BCUT2D eigenvalue weighted by Gasteiger charge is 2.27. The molecule has 3 aromatic rings. The molecule has 1 aromatic carbocycles. The Morgan fingerprint density at radius 2 is 1.83 bits per heavy atom. The van der Waals surface area contributed by atoms with Gasteiger partial charge in [0.25, 0.3) is 0 Å². The van der Waals surface area contributed by atoms with Gasteiger partial charge in [-0.1, -0.05) is 23.4 Å². The Bertz CT molecular complexity index is 783. The highest BCUT2D eigenvalue weighted by Crippen LogP contribution is 2.25. The SMILES string of the molecule is CC(c1ncccn1)N1CCc2c(nnn2-c2ccccc2)C1. The minimum Gasteiger partial charge on any atom is -0.287 e. The molecule has 6 nitrogen and oxygen atoms in total. The summed E-state index contributed by atoms with van der Waals surface area (Å²) in [7, 11) is 0. The van der Waals surface area contributed by atoms with E-state index in [0.717, 1.165) is 36.7 Å². The van der Waals surface area contributed by atoms with Crippen molar-refractivity contribution in [1.82, 2.24) is 29.9 Å². The lowest BCUT2D eigenvalue weighted by Gasteiger charge is -2.30. The number of hydrogen-bond acceptors (Lipinski definition) is 5. The summed E-state index contributed by atoms with van der Waals surface area (Å²) >= 11 is 0. The Labute approximate surface area is 134 Å². The monoisotopic (exact) mass is 306 g/mol. The van der Waals surface area contributed by atoms with Crippen LogP contribution in [0.4, 0.5) is 0 Å². The molecule has 6 heteroatoms. The van der Waals surface area contributed by atoms with Crippen LogP contribution in [0.25, 0.3) is 5.69 Å². The van der Waals surface area contributed by atoms with Gasteiger partial charge in [0.15, 0.2) is 0 Å². The molecule has 4 rings (SSSR count). The Balaban J connectivity index is 1.58. The predicted molar refractivity (Wildman–Crippen MR) is 85.9 cm³/mol. The lowest BCUT2D eigenvalue weighted by molar-refractivity contribution is 0.181. The van der Waals surface area contributed by atoms with Crippen LogP contribution in [0.5, 0.6) is 0 Å².